The Hall–Kier alpha value is -2.89. The number of hydrogen-bond acceptors (Lipinski definition) is 4. The maximum Gasteiger partial charge on any atom is 0.270 e. The molecule has 6 nitrogen and oxygen atoms in total. The van der Waals surface area contributed by atoms with Gasteiger partial charge in [-0.2, -0.15) is 0 Å². The van der Waals surface area contributed by atoms with E-state index in [4.69, 9.17) is 4.74 Å². The number of nitro groups is 1. The second-order valence-electron chi connectivity index (χ2n) is 5.35. The number of nitrogens with zero attached hydrogens (tertiary/aromatic N) is 2. The second-order valence-corrected chi connectivity index (χ2v) is 5.35. The first-order valence-electron chi connectivity index (χ1n) is 7.67. The summed E-state index contributed by atoms with van der Waals surface area (Å²) in [5, 5.41) is 10.9. The molecule has 0 bridgehead atoms. The third kappa shape index (κ3) is 3.71. The van der Waals surface area contributed by atoms with Gasteiger partial charge in [-0.3, -0.25) is 14.9 Å². The second kappa shape index (κ2) is 7.59. The van der Waals surface area contributed by atoms with E-state index in [2.05, 4.69) is 0 Å². The average Bonchev–Trinajstić information content (AvgIpc) is 2.62. The zero-order chi connectivity index (χ0) is 17.7. The lowest BCUT2D eigenvalue weighted by Crippen LogP contribution is -2.33. The standard InChI is InChI=1S/C18H20N2O4/c1-4-19(13(2)14-7-6-10-17(12-14)24-3)18(21)15-8-5-9-16(11-15)20(22)23/h5-13H,4H2,1-3H3. The summed E-state index contributed by atoms with van der Waals surface area (Å²) in [6.45, 7) is 4.29. The predicted molar refractivity (Wildman–Crippen MR) is 91.2 cm³/mol. The van der Waals surface area contributed by atoms with Crippen molar-refractivity contribution in [3.63, 3.8) is 0 Å². The fourth-order valence-electron chi connectivity index (χ4n) is 2.59. The van der Waals surface area contributed by atoms with Crippen molar-refractivity contribution in [3.05, 3.63) is 69.8 Å². The number of ether oxygens (including phenoxy) is 1. The van der Waals surface area contributed by atoms with Crippen molar-refractivity contribution in [2.24, 2.45) is 0 Å². The number of nitro benzene ring substituents is 1. The molecule has 0 fully saturated rings. The average molecular weight is 328 g/mol. The lowest BCUT2D eigenvalue weighted by atomic mass is 10.0. The van der Waals surface area contributed by atoms with Crippen LogP contribution in [0, 0.1) is 10.1 Å². The summed E-state index contributed by atoms with van der Waals surface area (Å²) in [4.78, 5) is 24.9. The van der Waals surface area contributed by atoms with Crippen LogP contribution in [0.15, 0.2) is 48.5 Å². The fourth-order valence-corrected chi connectivity index (χ4v) is 2.59. The normalized spacial score (nSPS) is 11.6. The number of non-ortho nitro benzene ring substituents is 1. The number of rotatable bonds is 6. The molecule has 1 atom stereocenters. The molecule has 0 saturated heterocycles. The third-order valence-electron chi connectivity index (χ3n) is 3.95. The SMILES string of the molecule is CCN(C(=O)c1cccc([N+](=O)[O-])c1)C(C)c1cccc(OC)c1. The van der Waals surface area contributed by atoms with Gasteiger partial charge < -0.3 is 9.64 Å². The van der Waals surface area contributed by atoms with Crippen molar-refractivity contribution in [1.29, 1.82) is 0 Å². The van der Waals surface area contributed by atoms with Gasteiger partial charge in [0.15, 0.2) is 0 Å². The first kappa shape index (κ1) is 17.5. The van der Waals surface area contributed by atoms with Crippen LogP contribution >= 0.6 is 0 Å². The Morgan fingerprint density at radius 2 is 1.96 bits per heavy atom. The van der Waals surface area contributed by atoms with E-state index in [1.54, 1.807) is 18.1 Å². The molecule has 1 unspecified atom stereocenters. The van der Waals surface area contributed by atoms with E-state index in [9.17, 15) is 14.9 Å². The molecular weight excluding hydrogens is 308 g/mol. The van der Waals surface area contributed by atoms with Crippen LogP contribution in [0.4, 0.5) is 5.69 Å². The molecular formula is C18H20N2O4. The summed E-state index contributed by atoms with van der Waals surface area (Å²) in [5.41, 5.74) is 1.15. The minimum Gasteiger partial charge on any atom is -0.497 e. The number of benzene rings is 2. The molecule has 6 heteroatoms. The van der Waals surface area contributed by atoms with Gasteiger partial charge in [0, 0.05) is 24.2 Å². The molecule has 24 heavy (non-hydrogen) atoms. The van der Waals surface area contributed by atoms with E-state index in [-0.39, 0.29) is 17.6 Å². The highest BCUT2D eigenvalue weighted by molar-refractivity contribution is 5.95. The molecule has 126 valence electrons. The maximum absolute atomic E-state index is 12.8. The Morgan fingerprint density at radius 3 is 2.58 bits per heavy atom. The van der Waals surface area contributed by atoms with Crippen LogP contribution in [0.2, 0.25) is 0 Å². The molecule has 2 aromatic rings. The van der Waals surface area contributed by atoms with E-state index < -0.39 is 4.92 Å². The number of amides is 1. The number of hydrogen-bond donors (Lipinski definition) is 0. The van der Waals surface area contributed by atoms with E-state index >= 15 is 0 Å². The lowest BCUT2D eigenvalue weighted by molar-refractivity contribution is -0.384. The summed E-state index contributed by atoms with van der Waals surface area (Å²) in [5.74, 6) is 0.481. The Labute approximate surface area is 140 Å². The molecule has 1 amide bonds. The first-order chi connectivity index (χ1) is 11.5. The van der Waals surface area contributed by atoms with E-state index in [0.717, 1.165) is 11.3 Å². The topological polar surface area (TPSA) is 72.7 Å². The van der Waals surface area contributed by atoms with Crippen LogP contribution in [0.1, 0.15) is 35.8 Å². The van der Waals surface area contributed by atoms with Crippen LogP contribution in [-0.2, 0) is 0 Å². The number of carbonyl (C=O) groups is 1. The van der Waals surface area contributed by atoms with Gasteiger partial charge in [0.2, 0.25) is 0 Å². The first-order valence-corrected chi connectivity index (χ1v) is 7.67. The van der Waals surface area contributed by atoms with Gasteiger partial charge in [-0.15, -0.1) is 0 Å². The van der Waals surface area contributed by atoms with Crippen molar-refractivity contribution >= 4 is 11.6 Å². The van der Waals surface area contributed by atoms with Crippen molar-refractivity contribution in [2.75, 3.05) is 13.7 Å². The number of carbonyl (C=O) groups excluding carboxylic acids is 1. The van der Waals surface area contributed by atoms with Crippen LogP contribution in [0.5, 0.6) is 5.75 Å². The quantitative estimate of drug-likeness (QED) is 0.597. The summed E-state index contributed by atoms with van der Waals surface area (Å²) < 4.78 is 5.23. The van der Waals surface area contributed by atoms with Crippen LogP contribution < -0.4 is 4.74 Å². The summed E-state index contributed by atoms with van der Waals surface area (Å²) in [6.07, 6.45) is 0. The van der Waals surface area contributed by atoms with Crippen molar-refractivity contribution in [1.82, 2.24) is 4.90 Å². The molecule has 2 rings (SSSR count). The zero-order valence-corrected chi connectivity index (χ0v) is 13.9. The van der Waals surface area contributed by atoms with Gasteiger partial charge in [0.05, 0.1) is 18.1 Å². The predicted octanol–water partition coefficient (Wildman–Crippen LogP) is 3.83. The van der Waals surface area contributed by atoms with Crippen molar-refractivity contribution < 1.29 is 14.5 Å². The lowest BCUT2D eigenvalue weighted by Gasteiger charge is -2.28. The molecule has 0 aliphatic heterocycles. The molecule has 0 spiro atoms. The van der Waals surface area contributed by atoms with Gasteiger partial charge in [0.25, 0.3) is 11.6 Å². The van der Waals surface area contributed by atoms with Gasteiger partial charge in [-0.05, 0) is 37.6 Å². The minimum atomic E-state index is -0.501. The van der Waals surface area contributed by atoms with E-state index in [0.29, 0.717) is 12.1 Å². The third-order valence-corrected chi connectivity index (χ3v) is 3.95. The molecule has 0 aromatic heterocycles. The molecule has 0 aliphatic rings. The van der Waals surface area contributed by atoms with Crippen LogP contribution in [-0.4, -0.2) is 29.4 Å². The van der Waals surface area contributed by atoms with Gasteiger partial charge >= 0.3 is 0 Å². The Morgan fingerprint density at radius 1 is 1.25 bits per heavy atom. The summed E-state index contributed by atoms with van der Waals surface area (Å²) in [7, 11) is 1.59. The fraction of sp³-hybridized carbons (Fsp3) is 0.278. The molecule has 0 N–H and O–H groups in total. The highest BCUT2D eigenvalue weighted by Crippen LogP contribution is 2.26. The highest BCUT2D eigenvalue weighted by atomic mass is 16.6. The Bertz CT molecular complexity index is 745. The zero-order valence-electron chi connectivity index (χ0n) is 13.9. The van der Waals surface area contributed by atoms with Crippen molar-refractivity contribution in [3.8, 4) is 5.75 Å². The monoisotopic (exact) mass is 328 g/mol. The van der Waals surface area contributed by atoms with Gasteiger partial charge in [-0.25, -0.2) is 0 Å². The van der Waals surface area contributed by atoms with E-state index in [1.165, 1.54) is 18.2 Å². The number of methoxy groups -OCH3 is 1. The summed E-state index contributed by atoms with van der Waals surface area (Å²) >= 11 is 0. The summed E-state index contributed by atoms with van der Waals surface area (Å²) in [6, 6.07) is 13.1. The van der Waals surface area contributed by atoms with Gasteiger partial charge in [0.1, 0.15) is 5.75 Å². The molecule has 0 radical (unpaired) electrons. The molecule has 0 heterocycles. The molecule has 0 saturated carbocycles. The largest absolute Gasteiger partial charge is 0.497 e. The van der Waals surface area contributed by atoms with Gasteiger partial charge in [-0.1, -0.05) is 18.2 Å². The smallest absolute Gasteiger partial charge is 0.270 e. The molecule has 0 aliphatic carbocycles. The van der Waals surface area contributed by atoms with E-state index in [1.807, 2.05) is 38.1 Å². The maximum atomic E-state index is 12.8. The minimum absolute atomic E-state index is 0.0917. The Balaban J connectivity index is 2.31. The molecule has 2 aromatic carbocycles. The van der Waals surface area contributed by atoms with Crippen LogP contribution in [0.3, 0.4) is 0 Å². The highest BCUT2D eigenvalue weighted by Gasteiger charge is 2.23. The Kier molecular flexibility index (Phi) is 5.52. The van der Waals surface area contributed by atoms with Crippen molar-refractivity contribution in [2.45, 2.75) is 19.9 Å². The van der Waals surface area contributed by atoms with Crippen LogP contribution in [0.25, 0.3) is 0 Å².